The second-order valence-corrected chi connectivity index (χ2v) is 5.54. The van der Waals surface area contributed by atoms with E-state index in [1.54, 1.807) is 6.07 Å². The van der Waals surface area contributed by atoms with Gasteiger partial charge in [0, 0.05) is 12.6 Å². The van der Waals surface area contributed by atoms with E-state index in [9.17, 15) is 14.9 Å². The predicted molar refractivity (Wildman–Crippen MR) is 90.5 cm³/mol. The van der Waals surface area contributed by atoms with Crippen molar-refractivity contribution in [3.63, 3.8) is 0 Å². The number of cyclic esters (lactones) is 1. The van der Waals surface area contributed by atoms with Crippen molar-refractivity contribution in [2.45, 2.75) is 12.7 Å². The van der Waals surface area contributed by atoms with E-state index >= 15 is 0 Å². The van der Waals surface area contributed by atoms with Crippen LogP contribution in [0.3, 0.4) is 0 Å². The lowest BCUT2D eigenvalue weighted by molar-refractivity contribution is -0.385. The third-order valence-electron chi connectivity index (χ3n) is 3.83. The zero-order chi connectivity index (χ0) is 17.8. The van der Waals surface area contributed by atoms with E-state index in [4.69, 9.17) is 15.2 Å². The molecule has 0 aromatic heterocycles. The van der Waals surface area contributed by atoms with Crippen LogP contribution in [0, 0.1) is 10.1 Å². The van der Waals surface area contributed by atoms with Crippen LogP contribution in [0.5, 0.6) is 5.75 Å². The highest BCUT2D eigenvalue weighted by atomic mass is 16.6. The Morgan fingerprint density at radius 3 is 2.68 bits per heavy atom. The fourth-order valence-corrected chi connectivity index (χ4v) is 2.53. The van der Waals surface area contributed by atoms with Gasteiger partial charge >= 0.3 is 11.8 Å². The van der Waals surface area contributed by atoms with Gasteiger partial charge in [0.1, 0.15) is 12.7 Å². The van der Waals surface area contributed by atoms with Crippen molar-refractivity contribution in [2.24, 2.45) is 5.73 Å². The smallest absolute Gasteiger partial charge is 0.414 e. The Bertz CT molecular complexity index is 781. The van der Waals surface area contributed by atoms with E-state index in [-0.39, 0.29) is 31.1 Å². The highest BCUT2D eigenvalue weighted by Crippen LogP contribution is 2.33. The molecule has 8 heteroatoms. The quantitative estimate of drug-likeness (QED) is 0.637. The molecule has 1 aliphatic heterocycles. The number of ether oxygens (including phenoxy) is 2. The number of benzene rings is 2. The molecule has 0 saturated carbocycles. The number of nitrogens with zero attached hydrogens (tertiary/aromatic N) is 2. The molecule has 0 spiro atoms. The van der Waals surface area contributed by atoms with Crippen LogP contribution in [0.15, 0.2) is 48.5 Å². The summed E-state index contributed by atoms with van der Waals surface area (Å²) in [4.78, 5) is 24.0. The fourth-order valence-electron chi connectivity index (χ4n) is 2.53. The van der Waals surface area contributed by atoms with Gasteiger partial charge in [0.25, 0.3) is 0 Å². The fraction of sp³-hybridized carbons (Fsp3) is 0.235. The van der Waals surface area contributed by atoms with Gasteiger partial charge in [0.05, 0.1) is 17.2 Å². The van der Waals surface area contributed by atoms with Gasteiger partial charge in [0.2, 0.25) is 0 Å². The SMILES string of the molecule is NC[C@@H]1CN(c2ccc(OCc3ccccc3)c([N+](=O)[O-])c2)C(=O)O1. The molecule has 2 aromatic carbocycles. The van der Waals surface area contributed by atoms with E-state index in [0.717, 1.165) is 5.56 Å². The maximum absolute atomic E-state index is 11.9. The summed E-state index contributed by atoms with van der Waals surface area (Å²) in [6.07, 6.45) is -0.983. The van der Waals surface area contributed by atoms with E-state index in [1.165, 1.54) is 17.0 Å². The average molecular weight is 343 g/mol. The molecular weight excluding hydrogens is 326 g/mol. The molecule has 8 nitrogen and oxygen atoms in total. The van der Waals surface area contributed by atoms with Crippen molar-refractivity contribution in [3.05, 3.63) is 64.2 Å². The lowest BCUT2D eigenvalue weighted by Gasteiger charge is -2.14. The molecule has 2 aromatic rings. The molecular formula is C17H17N3O5. The van der Waals surface area contributed by atoms with Gasteiger partial charge in [-0.3, -0.25) is 15.0 Å². The van der Waals surface area contributed by atoms with E-state index in [1.807, 2.05) is 30.3 Å². The first-order valence-electron chi connectivity index (χ1n) is 7.72. The summed E-state index contributed by atoms with van der Waals surface area (Å²) in [5.41, 5.74) is 6.56. The van der Waals surface area contributed by atoms with E-state index < -0.39 is 17.1 Å². The minimum atomic E-state index is -0.567. The zero-order valence-corrected chi connectivity index (χ0v) is 13.3. The Labute approximate surface area is 143 Å². The van der Waals surface area contributed by atoms with Crippen molar-refractivity contribution < 1.29 is 19.2 Å². The third kappa shape index (κ3) is 3.69. The summed E-state index contributed by atoms with van der Waals surface area (Å²) in [6, 6.07) is 13.7. The Morgan fingerprint density at radius 1 is 1.28 bits per heavy atom. The molecule has 0 bridgehead atoms. The zero-order valence-electron chi connectivity index (χ0n) is 13.3. The molecule has 0 radical (unpaired) electrons. The molecule has 1 atom stereocenters. The predicted octanol–water partition coefficient (Wildman–Crippen LogP) is 2.46. The van der Waals surface area contributed by atoms with Gasteiger partial charge < -0.3 is 15.2 Å². The highest BCUT2D eigenvalue weighted by Gasteiger charge is 2.32. The average Bonchev–Trinajstić information content (AvgIpc) is 3.01. The molecule has 25 heavy (non-hydrogen) atoms. The normalized spacial score (nSPS) is 16.6. The summed E-state index contributed by atoms with van der Waals surface area (Å²) >= 11 is 0. The minimum Gasteiger partial charge on any atom is -0.482 e. The van der Waals surface area contributed by atoms with Crippen LogP contribution >= 0.6 is 0 Å². The summed E-state index contributed by atoms with van der Waals surface area (Å²) in [7, 11) is 0. The minimum absolute atomic E-state index is 0.139. The summed E-state index contributed by atoms with van der Waals surface area (Å²) in [5.74, 6) is 0.139. The van der Waals surface area contributed by atoms with Gasteiger partial charge in [-0.1, -0.05) is 30.3 Å². The second-order valence-electron chi connectivity index (χ2n) is 5.54. The topological polar surface area (TPSA) is 108 Å². The number of carbonyl (C=O) groups excluding carboxylic acids is 1. The van der Waals surface area contributed by atoms with Crippen LogP contribution in [0.25, 0.3) is 0 Å². The van der Waals surface area contributed by atoms with E-state index in [2.05, 4.69) is 0 Å². The Morgan fingerprint density at radius 2 is 2.04 bits per heavy atom. The lowest BCUT2D eigenvalue weighted by Crippen LogP contribution is -2.27. The number of nitro groups is 1. The number of rotatable bonds is 6. The number of nitro benzene ring substituents is 1. The molecule has 1 amide bonds. The van der Waals surface area contributed by atoms with Crippen LogP contribution in [0.4, 0.5) is 16.2 Å². The van der Waals surface area contributed by atoms with Crippen LogP contribution < -0.4 is 15.4 Å². The van der Waals surface area contributed by atoms with Crippen molar-refractivity contribution in [1.82, 2.24) is 0 Å². The van der Waals surface area contributed by atoms with Gasteiger partial charge in [0.15, 0.2) is 5.75 Å². The van der Waals surface area contributed by atoms with Crippen molar-refractivity contribution in [3.8, 4) is 5.75 Å². The number of anilines is 1. The van der Waals surface area contributed by atoms with Crippen molar-refractivity contribution >= 4 is 17.5 Å². The first-order valence-corrected chi connectivity index (χ1v) is 7.72. The molecule has 1 heterocycles. The number of amides is 1. The third-order valence-corrected chi connectivity index (χ3v) is 3.83. The van der Waals surface area contributed by atoms with E-state index in [0.29, 0.717) is 5.69 Å². The largest absolute Gasteiger partial charge is 0.482 e. The number of hydrogen-bond donors (Lipinski definition) is 1. The molecule has 1 fully saturated rings. The van der Waals surface area contributed by atoms with Crippen LogP contribution in [0.1, 0.15) is 5.56 Å². The van der Waals surface area contributed by atoms with Crippen LogP contribution in [-0.4, -0.2) is 30.2 Å². The Kier molecular flexibility index (Phi) is 4.80. The first kappa shape index (κ1) is 16.7. The number of carbonyl (C=O) groups is 1. The van der Waals surface area contributed by atoms with Crippen LogP contribution in [0.2, 0.25) is 0 Å². The summed E-state index contributed by atoms with van der Waals surface area (Å²) in [5, 5.41) is 11.4. The van der Waals surface area contributed by atoms with Gasteiger partial charge in [-0.2, -0.15) is 0 Å². The number of nitrogens with two attached hydrogens (primary N) is 1. The molecule has 0 aliphatic carbocycles. The number of hydrogen-bond acceptors (Lipinski definition) is 6. The lowest BCUT2D eigenvalue weighted by atomic mass is 10.2. The Hall–Kier alpha value is -3.13. The molecule has 1 saturated heterocycles. The molecule has 1 aliphatic rings. The van der Waals surface area contributed by atoms with Crippen molar-refractivity contribution in [2.75, 3.05) is 18.0 Å². The Balaban J connectivity index is 1.81. The first-order chi connectivity index (χ1) is 12.1. The summed E-state index contributed by atoms with van der Waals surface area (Å²) < 4.78 is 10.6. The standard InChI is InChI=1S/C17H17N3O5/c18-9-14-10-19(17(21)25-14)13-6-7-16(15(8-13)20(22)23)24-11-12-4-2-1-3-5-12/h1-8,14H,9-11,18H2/t14-/m1/s1. The van der Waals surface area contributed by atoms with Crippen molar-refractivity contribution in [1.29, 1.82) is 0 Å². The van der Waals surface area contributed by atoms with Crippen LogP contribution in [-0.2, 0) is 11.3 Å². The van der Waals surface area contributed by atoms with Gasteiger partial charge in [-0.05, 0) is 17.7 Å². The van der Waals surface area contributed by atoms with Gasteiger partial charge in [-0.25, -0.2) is 4.79 Å². The molecule has 0 unspecified atom stereocenters. The molecule has 130 valence electrons. The summed E-state index contributed by atoms with van der Waals surface area (Å²) in [6.45, 7) is 0.668. The molecule has 3 rings (SSSR count). The molecule has 2 N–H and O–H groups in total. The maximum atomic E-state index is 11.9. The highest BCUT2D eigenvalue weighted by molar-refractivity contribution is 5.90. The monoisotopic (exact) mass is 343 g/mol. The second kappa shape index (κ2) is 7.18. The van der Waals surface area contributed by atoms with Gasteiger partial charge in [-0.15, -0.1) is 0 Å². The maximum Gasteiger partial charge on any atom is 0.414 e.